The third kappa shape index (κ3) is 2.99. The lowest BCUT2D eigenvalue weighted by Gasteiger charge is -2.29. The highest BCUT2D eigenvalue weighted by Gasteiger charge is 2.24. The Bertz CT molecular complexity index is 603. The molecule has 1 amide bonds. The van der Waals surface area contributed by atoms with E-state index in [0.29, 0.717) is 6.54 Å². The fourth-order valence-electron chi connectivity index (χ4n) is 2.41. The van der Waals surface area contributed by atoms with Crippen LogP contribution in [0.15, 0.2) is 42.5 Å². The fraction of sp³-hybridized carbons (Fsp3) is 0.353. The molecular formula is C17H22N2O. The average molecular weight is 270 g/mol. The molecule has 0 aromatic heterocycles. The molecule has 0 aliphatic carbocycles. The van der Waals surface area contributed by atoms with E-state index in [1.807, 2.05) is 49.4 Å². The lowest BCUT2D eigenvalue weighted by Crippen LogP contribution is -2.46. The summed E-state index contributed by atoms with van der Waals surface area (Å²) in [6.07, 6.45) is 1.64. The SMILES string of the molecule is CCC(C)(CCN)NC(=O)c1cccc2ccccc12. The second-order valence-electron chi connectivity index (χ2n) is 5.43. The van der Waals surface area contributed by atoms with Gasteiger partial charge in [-0.3, -0.25) is 4.79 Å². The quantitative estimate of drug-likeness (QED) is 0.877. The molecule has 0 bridgehead atoms. The molecule has 1 atom stereocenters. The molecule has 0 fully saturated rings. The molecule has 0 saturated carbocycles. The highest BCUT2D eigenvalue weighted by atomic mass is 16.1. The van der Waals surface area contributed by atoms with Crippen molar-refractivity contribution in [1.82, 2.24) is 5.32 Å². The maximum atomic E-state index is 12.6. The summed E-state index contributed by atoms with van der Waals surface area (Å²) in [5.41, 5.74) is 6.12. The molecule has 0 aliphatic rings. The van der Waals surface area contributed by atoms with Crippen molar-refractivity contribution in [2.75, 3.05) is 6.54 Å². The predicted octanol–water partition coefficient (Wildman–Crippen LogP) is 3.09. The van der Waals surface area contributed by atoms with Crippen molar-refractivity contribution in [1.29, 1.82) is 0 Å². The van der Waals surface area contributed by atoms with E-state index in [-0.39, 0.29) is 11.4 Å². The second-order valence-corrected chi connectivity index (χ2v) is 5.43. The van der Waals surface area contributed by atoms with Gasteiger partial charge in [-0.1, -0.05) is 43.3 Å². The third-order valence-electron chi connectivity index (χ3n) is 3.93. The van der Waals surface area contributed by atoms with Crippen LogP contribution >= 0.6 is 0 Å². The Labute approximate surface area is 120 Å². The fourth-order valence-corrected chi connectivity index (χ4v) is 2.41. The van der Waals surface area contributed by atoms with Gasteiger partial charge < -0.3 is 11.1 Å². The standard InChI is InChI=1S/C17H22N2O/c1-3-17(2,11-12-18)19-16(20)15-10-6-8-13-7-4-5-9-14(13)15/h4-10H,3,11-12,18H2,1-2H3,(H,19,20). The van der Waals surface area contributed by atoms with Gasteiger partial charge in [0.15, 0.2) is 0 Å². The zero-order valence-electron chi connectivity index (χ0n) is 12.1. The van der Waals surface area contributed by atoms with Gasteiger partial charge in [0.1, 0.15) is 0 Å². The summed E-state index contributed by atoms with van der Waals surface area (Å²) < 4.78 is 0. The summed E-state index contributed by atoms with van der Waals surface area (Å²) in [5.74, 6) is -0.0281. The zero-order chi connectivity index (χ0) is 14.6. The van der Waals surface area contributed by atoms with Gasteiger partial charge in [0, 0.05) is 11.1 Å². The second kappa shape index (κ2) is 6.06. The normalized spacial score (nSPS) is 13.9. The molecule has 2 rings (SSSR count). The van der Waals surface area contributed by atoms with Gasteiger partial charge in [-0.05, 0) is 43.1 Å². The average Bonchev–Trinajstić information content (AvgIpc) is 2.46. The Morgan fingerprint density at radius 2 is 1.90 bits per heavy atom. The monoisotopic (exact) mass is 270 g/mol. The van der Waals surface area contributed by atoms with Crippen molar-refractivity contribution in [3.63, 3.8) is 0 Å². The van der Waals surface area contributed by atoms with Crippen LogP contribution in [-0.4, -0.2) is 18.0 Å². The number of rotatable bonds is 5. The molecule has 2 aromatic carbocycles. The summed E-state index contributed by atoms with van der Waals surface area (Å²) in [4.78, 5) is 12.6. The number of carbonyl (C=O) groups is 1. The van der Waals surface area contributed by atoms with Crippen LogP contribution in [0.25, 0.3) is 10.8 Å². The molecule has 2 aromatic rings. The summed E-state index contributed by atoms with van der Waals surface area (Å²) in [6.45, 7) is 4.68. The van der Waals surface area contributed by atoms with E-state index < -0.39 is 0 Å². The molecule has 0 spiro atoms. The van der Waals surface area contributed by atoms with E-state index in [0.717, 1.165) is 29.2 Å². The highest BCUT2D eigenvalue weighted by Crippen LogP contribution is 2.20. The number of nitrogens with one attached hydrogen (secondary N) is 1. The first kappa shape index (κ1) is 14.5. The molecule has 3 heteroatoms. The number of carbonyl (C=O) groups excluding carboxylic acids is 1. The van der Waals surface area contributed by atoms with Crippen LogP contribution < -0.4 is 11.1 Å². The van der Waals surface area contributed by atoms with Crippen molar-refractivity contribution in [3.05, 3.63) is 48.0 Å². The molecule has 3 nitrogen and oxygen atoms in total. The predicted molar refractivity (Wildman–Crippen MR) is 83.8 cm³/mol. The molecule has 0 radical (unpaired) electrons. The molecule has 0 heterocycles. The molecule has 1 unspecified atom stereocenters. The zero-order valence-corrected chi connectivity index (χ0v) is 12.1. The highest BCUT2D eigenvalue weighted by molar-refractivity contribution is 6.07. The Morgan fingerprint density at radius 1 is 1.20 bits per heavy atom. The number of amides is 1. The van der Waals surface area contributed by atoms with Crippen molar-refractivity contribution in [2.45, 2.75) is 32.2 Å². The first-order valence-electron chi connectivity index (χ1n) is 7.10. The number of nitrogens with two attached hydrogens (primary N) is 1. The summed E-state index contributed by atoms with van der Waals surface area (Å²) >= 11 is 0. The first-order valence-corrected chi connectivity index (χ1v) is 7.10. The molecule has 106 valence electrons. The van der Waals surface area contributed by atoms with E-state index in [1.165, 1.54) is 0 Å². The van der Waals surface area contributed by atoms with Crippen LogP contribution in [0, 0.1) is 0 Å². The molecular weight excluding hydrogens is 248 g/mol. The Balaban J connectivity index is 2.32. The van der Waals surface area contributed by atoms with Crippen LogP contribution in [0.5, 0.6) is 0 Å². The summed E-state index contributed by atoms with van der Waals surface area (Å²) in [5, 5.41) is 5.20. The van der Waals surface area contributed by atoms with Gasteiger partial charge >= 0.3 is 0 Å². The van der Waals surface area contributed by atoms with Gasteiger partial charge in [-0.25, -0.2) is 0 Å². The maximum Gasteiger partial charge on any atom is 0.252 e. The molecule has 3 N–H and O–H groups in total. The summed E-state index contributed by atoms with van der Waals surface area (Å²) in [6, 6.07) is 13.7. The van der Waals surface area contributed by atoms with Gasteiger partial charge in [-0.15, -0.1) is 0 Å². The van der Waals surface area contributed by atoms with Crippen LogP contribution in [-0.2, 0) is 0 Å². The Kier molecular flexibility index (Phi) is 4.40. The first-order chi connectivity index (χ1) is 9.59. The third-order valence-corrected chi connectivity index (χ3v) is 3.93. The van der Waals surface area contributed by atoms with Crippen LogP contribution in [0.4, 0.5) is 0 Å². The van der Waals surface area contributed by atoms with E-state index in [4.69, 9.17) is 5.73 Å². The van der Waals surface area contributed by atoms with Crippen molar-refractivity contribution in [3.8, 4) is 0 Å². The van der Waals surface area contributed by atoms with Crippen LogP contribution in [0.2, 0.25) is 0 Å². The van der Waals surface area contributed by atoms with Gasteiger partial charge in [0.2, 0.25) is 0 Å². The minimum atomic E-state index is -0.247. The van der Waals surface area contributed by atoms with Crippen molar-refractivity contribution >= 4 is 16.7 Å². The van der Waals surface area contributed by atoms with E-state index in [2.05, 4.69) is 12.2 Å². The number of fused-ring (bicyclic) bond motifs is 1. The van der Waals surface area contributed by atoms with Gasteiger partial charge in [-0.2, -0.15) is 0 Å². The van der Waals surface area contributed by atoms with Crippen molar-refractivity contribution in [2.24, 2.45) is 5.73 Å². The lowest BCUT2D eigenvalue weighted by molar-refractivity contribution is 0.0901. The number of hydrogen-bond donors (Lipinski definition) is 2. The minimum Gasteiger partial charge on any atom is -0.347 e. The van der Waals surface area contributed by atoms with Crippen LogP contribution in [0.3, 0.4) is 0 Å². The Hall–Kier alpha value is -1.87. The van der Waals surface area contributed by atoms with Gasteiger partial charge in [0.05, 0.1) is 0 Å². The smallest absolute Gasteiger partial charge is 0.252 e. The topological polar surface area (TPSA) is 55.1 Å². The number of hydrogen-bond acceptors (Lipinski definition) is 2. The lowest BCUT2D eigenvalue weighted by atomic mass is 9.93. The van der Waals surface area contributed by atoms with E-state index >= 15 is 0 Å². The summed E-state index contributed by atoms with van der Waals surface area (Å²) in [7, 11) is 0. The Morgan fingerprint density at radius 3 is 2.60 bits per heavy atom. The largest absolute Gasteiger partial charge is 0.347 e. The van der Waals surface area contributed by atoms with E-state index in [1.54, 1.807) is 0 Å². The molecule has 0 aliphatic heterocycles. The van der Waals surface area contributed by atoms with E-state index in [9.17, 15) is 4.79 Å². The number of benzene rings is 2. The maximum absolute atomic E-state index is 12.6. The molecule has 0 saturated heterocycles. The van der Waals surface area contributed by atoms with Gasteiger partial charge in [0.25, 0.3) is 5.91 Å². The molecule has 20 heavy (non-hydrogen) atoms. The van der Waals surface area contributed by atoms with Crippen molar-refractivity contribution < 1.29 is 4.79 Å². The minimum absolute atomic E-state index is 0.0281. The van der Waals surface area contributed by atoms with Crippen LogP contribution in [0.1, 0.15) is 37.0 Å².